The highest BCUT2D eigenvalue weighted by Crippen LogP contribution is 2.35. The van der Waals surface area contributed by atoms with Gasteiger partial charge in [0.2, 0.25) is 0 Å². The molecule has 26 heavy (non-hydrogen) atoms. The van der Waals surface area contributed by atoms with Crippen molar-refractivity contribution in [3.05, 3.63) is 40.8 Å². The van der Waals surface area contributed by atoms with Crippen molar-refractivity contribution >= 4 is 39.5 Å². The number of carbonyl (C=O) groups excluding carboxylic acids is 1. The summed E-state index contributed by atoms with van der Waals surface area (Å²) >= 11 is 1.99. The van der Waals surface area contributed by atoms with E-state index in [1.165, 1.54) is 43.9 Å². The van der Waals surface area contributed by atoms with Gasteiger partial charge in [-0.15, -0.1) is 11.8 Å². The summed E-state index contributed by atoms with van der Waals surface area (Å²) in [4.78, 5) is 28.5. The van der Waals surface area contributed by atoms with Crippen LogP contribution in [0.25, 0.3) is 21.8 Å². The number of benzene rings is 1. The quantitative estimate of drug-likeness (QED) is 0.736. The maximum absolute atomic E-state index is 12.0. The summed E-state index contributed by atoms with van der Waals surface area (Å²) in [6.45, 7) is 1.54. The van der Waals surface area contributed by atoms with Crippen molar-refractivity contribution in [3.8, 4) is 0 Å². The fourth-order valence-corrected chi connectivity index (χ4v) is 4.56. The van der Waals surface area contributed by atoms with Crippen molar-refractivity contribution in [2.75, 3.05) is 0 Å². The normalized spacial score (nSPS) is 15.0. The van der Waals surface area contributed by atoms with E-state index in [4.69, 9.17) is 0 Å². The number of hydrogen-bond acceptors (Lipinski definition) is 4. The first kappa shape index (κ1) is 18.6. The van der Waals surface area contributed by atoms with Crippen molar-refractivity contribution in [2.24, 2.45) is 0 Å². The van der Waals surface area contributed by atoms with E-state index < -0.39 is 5.97 Å². The lowest BCUT2D eigenvalue weighted by Gasteiger charge is -2.21. The largest absolute Gasteiger partial charge is 0.550 e. The van der Waals surface area contributed by atoms with Crippen molar-refractivity contribution < 1.29 is 9.90 Å². The van der Waals surface area contributed by atoms with Crippen LogP contribution >= 0.6 is 11.8 Å². The minimum absolute atomic E-state index is 0.0461. The molecule has 5 nitrogen and oxygen atoms in total. The minimum atomic E-state index is -0.995. The molecule has 2 heterocycles. The number of hydrogen-bond donors (Lipinski definition) is 2. The molecule has 0 amide bonds. The second-order valence-electron chi connectivity index (χ2n) is 6.53. The van der Waals surface area contributed by atoms with Gasteiger partial charge in [-0.1, -0.05) is 26.2 Å². The SMILES string of the molecule is CCC(=O)[O-].O=c1[nH]c2ccc(SC3CCCCC3)cc2c2cc[nH]c12. The summed E-state index contributed by atoms with van der Waals surface area (Å²) < 4.78 is 0. The second-order valence-corrected chi connectivity index (χ2v) is 7.91. The van der Waals surface area contributed by atoms with Crippen molar-refractivity contribution in [2.45, 2.75) is 55.6 Å². The Morgan fingerprint density at radius 2 is 1.92 bits per heavy atom. The van der Waals surface area contributed by atoms with Gasteiger partial charge in [0.05, 0.1) is 0 Å². The van der Waals surface area contributed by atoms with Gasteiger partial charge in [0.15, 0.2) is 0 Å². The molecular weight excluding hydrogens is 348 g/mol. The highest BCUT2D eigenvalue weighted by Gasteiger charge is 2.15. The highest BCUT2D eigenvalue weighted by molar-refractivity contribution is 8.00. The lowest BCUT2D eigenvalue weighted by molar-refractivity contribution is -0.305. The molecule has 2 aromatic heterocycles. The summed E-state index contributed by atoms with van der Waals surface area (Å²) in [6, 6.07) is 8.38. The summed E-state index contributed by atoms with van der Waals surface area (Å²) in [5, 5.41) is 12.2. The number of carbonyl (C=O) groups is 1. The molecule has 0 atom stereocenters. The first-order valence-electron chi connectivity index (χ1n) is 9.08. The molecule has 1 aliphatic rings. The number of aliphatic carboxylic acids is 1. The molecule has 3 aromatic rings. The minimum Gasteiger partial charge on any atom is -0.550 e. The number of carboxylic acid groups (broad SMARTS) is 1. The third kappa shape index (κ3) is 4.30. The van der Waals surface area contributed by atoms with E-state index in [-0.39, 0.29) is 12.0 Å². The molecule has 1 aromatic carbocycles. The zero-order chi connectivity index (χ0) is 18.5. The standard InChI is InChI=1S/C17H18N2OS.C3H6O2/c20-17-16-13(8-9-18-16)14-10-12(6-7-15(14)19-17)21-11-4-2-1-3-5-11;1-2-3(4)5/h6-11,18H,1-5H2,(H,19,20);2H2,1H3,(H,4,5)/p-1. The van der Waals surface area contributed by atoms with E-state index in [0.717, 1.165) is 21.5 Å². The fourth-order valence-electron chi connectivity index (χ4n) is 3.27. The summed E-state index contributed by atoms with van der Waals surface area (Å²) in [5.41, 5.74) is 1.54. The molecule has 0 aliphatic heterocycles. The molecule has 0 saturated heterocycles. The van der Waals surface area contributed by atoms with Crippen molar-refractivity contribution in [1.29, 1.82) is 0 Å². The zero-order valence-electron chi connectivity index (χ0n) is 14.8. The molecule has 0 spiro atoms. The van der Waals surface area contributed by atoms with Gasteiger partial charge in [0.25, 0.3) is 5.56 Å². The van der Waals surface area contributed by atoms with Crippen LogP contribution in [0.2, 0.25) is 0 Å². The Balaban J connectivity index is 0.000000349. The first-order chi connectivity index (χ1) is 12.6. The smallest absolute Gasteiger partial charge is 0.272 e. The maximum atomic E-state index is 12.0. The first-order valence-corrected chi connectivity index (χ1v) is 9.96. The van der Waals surface area contributed by atoms with Gasteiger partial charge < -0.3 is 19.9 Å². The third-order valence-corrected chi connectivity index (χ3v) is 5.98. The summed E-state index contributed by atoms with van der Waals surface area (Å²) in [6.07, 6.45) is 8.71. The Labute approximate surface area is 156 Å². The number of pyridine rings is 1. The lowest BCUT2D eigenvalue weighted by Crippen LogP contribution is -2.19. The Kier molecular flexibility index (Phi) is 6.04. The van der Waals surface area contributed by atoms with E-state index in [2.05, 4.69) is 22.1 Å². The summed E-state index contributed by atoms with van der Waals surface area (Å²) in [7, 11) is 0. The lowest BCUT2D eigenvalue weighted by atomic mass is 10.0. The van der Waals surface area contributed by atoms with Crippen LogP contribution in [-0.2, 0) is 4.79 Å². The van der Waals surface area contributed by atoms with Crippen LogP contribution in [0.1, 0.15) is 45.4 Å². The van der Waals surface area contributed by atoms with Crippen molar-refractivity contribution in [3.63, 3.8) is 0 Å². The molecule has 0 radical (unpaired) electrons. The highest BCUT2D eigenvalue weighted by atomic mass is 32.2. The third-order valence-electron chi connectivity index (χ3n) is 4.65. The molecule has 1 saturated carbocycles. The molecule has 6 heteroatoms. The van der Waals surface area contributed by atoms with Gasteiger partial charge in [-0.05, 0) is 43.5 Å². The topological polar surface area (TPSA) is 88.8 Å². The van der Waals surface area contributed by atoms with Gasteiger partial charge in [0, 0.05) is 38.6 Å². The van der Waals surface area contributed by atoms with E-state index in [0.29, 0.717) is 5.52 Å². The van der Waals surface area contributed by atoms with Crippen LogP contribution in [-0.4, -0.2) is 21.2 Å². The number of H-pyrrole nitrogens is 2. The Morgan fingerprint density at radius 1 is 1.19 bits per heavy atom. The van der Waals surface area contributed by atoms with E-state index in [9.17, 15) is 14.7 Å². The van der Waals surface area contributed by atoms with Gasteiger partial charge in [-0.3, -0.25) is 4.79 Å². The van der Waals surface area contributed by atoms with Crippen LogP contribution in [0.15, 0.2) is 40.2 Å². The number of rotatable bonds is 3. The molecule has 4 rings (SSSR count). The fraction of sp³-hybridized carbons (Fsp3) is 0.400. The predicted molar refractivity (Wildman–Crippen MR) is 104 cm³/mol. The molecule has 2 N–H and O–H groups in total. The number of thioether (sulfide) groups is 1. The van der Waals surface area contributed by atoms with Crippen LogP contribution in [0, 0.1) is 0 Å². The average Bonchev–Trinajstić information content (AvgIpc) is 3.14. The molecule has 0 unspecified atom stereocenters. The molecule has 0 bridgehead atoms. The van der Waals surface area contributed by atoms with Gasteiger partial charge in [0.1, 0.15) is 5.52 Å². The predicted octanol–water partition coefficient (Wildman–Crippen LogP) is 3.58. The number of aromatic nitrogens is 2. The molecule has 1 aliphatic carbocycles. The molecule has 138 valence electrons. The Hall–Kier alpha value is -2.21. The maximum Gasteiger partial charge on any atom is 0.272 e. The molecular formula is C20H23N2O3S-. The number of aromatic amines is 2. The monoisotopic (exact) mass is 371 g/mol. The van der Waals surface area contributed by atoms with E-state index in [1.54, 1.807) is 0 Å². The summed E-state index contributed by atoms with van der Waals surface area (Å²) in [5.74, 6) is -0.995. The van der Waals surface area contributed by atoms with Gasteiger partial charge in [-0.25, -0.2) is 0 Å². The number of carboxylic acids is 1. The van der Waals surface area contributed by atoms with E-state index >= 15 is 0 Å². The second kappa shape index (κ2) is 8.45. The van der Waals surface area contributed by atoms with E-state index in [1.807, 2.05) is 30.1 Å². The Morgan fingerprint density at radius 3 is 2.62 bits per heavy atom. The van der Waals surface area contributed by atoms with Crippen molar-refractivity contribution in [1.82, 2.24) is 9.97 Å². The van der Waals surface area contributed by atoms with Gasteiger partial charge in [-0.2, -0.15) is 0 Å². The van der Waals surface area contributed by atoms with Gasteiger partial charge >= 0.3 is 0 Å². The zero-order valence-corrected chi connectivity index (χ0v) is 15.7. The van der Waals surface area contributed by atoms with Crippen LogP contribution in [0.4, 0.5) is 0 Å². The molecule has 1 fully saturated rings. The number of fused-ring (bicyclic) bond motifs is 3. The number of nitrogens with one attached hydrogen (secondary N) is 2. The van der Waals surface area contributed by atoms with Crippen LogP contribution < -0.4 is 10.7 Å². The van der Waals surface area contributed by atoms with Crippen LogP contribution in [0.5, 0.6) is 0 Å². The Bertz CT molecular complexity index is 954. The van der Waals surface area contributed by atoms with Crippen LogP contribution in [0.3, 0.4) is 0 Å². The average molecular weight is 371 g/mol.